The maximum absolute atomic E-state index is 11.7. The summed E-state index contributed by atoms with van der Waals surface area (Å²) in [5.41, 5.74) is 2.70. The highest BCUT2D eigenvalue weighted by Crippen LogP contribution is 2.00. The SMILES string of the molecule is CC(CN(C)C)NC(=O)C1=NNC(=O)CC1. The number of carbonyl (C=O) groups excluding carboxylic acids is 2. The van der Waals surface area contributed by atoms with E-state index in [1.54, 1.807) is 0 Å². The molecule has 16 heavy (non-hydrogen) atoms. The monoisotopic (exact) mass is 226 g/mol. The second-order valence-corrected chi connectivity index (χ2v) is 4.23. The second-order valence-electron chi connectivity index (χ2n) is 4.23. The lowest BCUT2D eigenvalue weighted by atomic mass is 10.1. The van der Waals surface area contributed by atoms with E-state index in [0.29, 0.717) is 18.6 Å². The van der Waals surface area contributed by atoms with Gasteiger partial charge in [-0.25, -0.2) is 5.43 Å². The van der Waals surface area contributed by atoms with Gasteiger partial charge in [-0.15, -0.1) is 0 Å². The van der Waals surface area contributed by atoms with Crippen LogP contribution in [0.4, 0.5) is 0 Å². The highest BCUT2D eigenvalue weighted by Gasteiger charge is 2.19. The van der Waals surface area contributed by atoms with E-state index in [-0.39, 0.29) is 17.9 Å². The number of amides is 2. The van der Waals surface area contributed by atoms with E-state index in [4.69, 9.17) is 0 Å². The lowest BCUT2D eigenvalue weighted by Gasteiger charge is -2.19. The van der Waals surface area contributed by atoms with Crippen molar-refractivity contribution in [1.82, 2.24) is 15.6 Å². The van der Waals surface area contributed by atoms with Crippen LogP contribution in [0.1, 0.15) is 19.8 Å². The summed E-state index contributed by atoms with van der Waals surface area (Å²) in [7, 11) is 3.89. The Morgan fingerprint density at radius 3 is 2.75 bits per heavy atom. The van der Waals surface area contributed by atoms with Crippen molar-refractivity contribution < 1.29 is 9.59 Å². The topological polar surface area (TPSA) is 73.8 Å². The molecule has 0 aromatic rings. The Morgan fingerprint density at radius 1 is 1.56 bits per heavy atom. The molecule has 1 rings (SSSR count). The zero-order valence-corrected chi connectivity index (χ0v) is 9.91. The smallest absolute Gasteiger partial charge is 0.267 e. The fraction of sp³-hybridized carbons (Fsp3) is 0.700. The predicted molar refractivity (Wildman–Crippen MR) is 61.0 cm³/mol. The number of nitrogens with one attached hydrogen (secondary N) is 2. The van der Waals surface area contributed by atoms with E-state index in [0.717, 1.165) is 6.54 Å². The third-order valence-electron chi connectivity index (χ3n) is 2.18. The molecule has 1 aliphatic heterocycles. The molecule has 0 aromatic carbocycles. The van der Waals surface area contributed by atoms with Gasteiger partial charge in [0.25, 0.3) is 5.91 Å². The zero-order valence-electron chi connectivity index (χ0n) is 9.91. The van der Waals surface area contributed by atoms with Crippen molar-refractivity contribution in [3.63, 3.8) is 0 Å². The predicted octanol–water partition coefficient (Wildman–Crippen LogP) is -0.681. The number of nitrogens with zero attached hydrogens (tertiary/aromatic N) is 2. The molecule has 1 heterocycles. The summed E-state index contributed by atoms with van der Waals surface area (Å²) in [5.74, 6) is -0.341. The van der Waals surface area contributed by atoms with Crippen LogP contribution in [-0.4, -0.2) is 49.1 Å². The molecule has 0 saturated carbocycles. The first-order chi connectivity index (χ1) is 7.49. The standard InChI is InChI=1S/C10H18N4O2/c1-7(6-14(2)3)11-10(16)8-4-5-9(15)13-12-8/h7H,4-6H2,1-3H3,(H,11,16)(H,13,15). The molecule has 0 radical (unpaired) electrons. The Hall–Kier alpha value is -1.43. The minimum atomic E-state index is -0.200. The van der Waals surface area contributed by atoms with E-state index in [1.807, 2.05) is 25.9 Å². The van der Waals surface area contributed by atoms with Gasteiger partial charge in [0.2, 0.25) is 5.91 Å². The molecule has 0 spiro atoms. The van der Waals surface area contributed by atoms with Gasteiger partial charge < -0.3 is 10.2 Å². The molecule has 1 unspecified atom stereocenters. The van der Waals surface area contributed by atoms with Crippen LogP contribution in [0.2, 0.25) is 0 Å². The molecule has 2 amide bonds. The molecule has 6 nitrogen and oxygen atoms in total. The van der Waals surface area contributed by atoms with Gasteiger partial charge in [0.15, 0.2) is 0 Å². The highest BCUT2D eigenvalue weighted by molar-refractivity contribution is 6.39. The first-order valence-electron chi connectivity index (χ1n) is 5.30. The summed E-state index contributed by atoms with van der Waals surface area (Å²) in [4.78, 5) is 24.5. The largest absolute Gasteiger partial charge is 0.347 e. The Balaban J connectivity index is 2.43. The zero-order chi connectivity index (χ0) is 12.1. The van der Waals surface area contributed by atoms with Gasteiger partial charge in [0, 0.05) is 25.4 Å². The number of likely N-dealkylation sites (N-methyl/N-ethyl adjacent to an activating group) is 1. The van der Waals surface area contributed by atoms with Gasteiger partial charge in [-0.3, -0.25) is 9.59 Å². The molecule has 2 N–H and O–H groups in total. The molecule has 90 valence electrons. The fourth-order valence-corrected chi connectivity index (χ4v) is 1.54. The van der Waals surface area contributed by atoms with Crippen LogP contribution in [0, 0.1) is 0 Å². The fourth-order valence-electron chi connectivity index (χ4n) is 1.54. The summed E-state index contributed by atoms with van der Waals surface area (Å²) in [5, 5.41) is 6.57. The minimum absolute atomic E-state index is 0.0582. The number of carbonyl (C=O) groups is 2. The molecular weight excluding hydrogens is 208 g/mol. The average Bonchev–Trinajstić information content (AvgIpc) is 2.16. The average molecular weight is 226 g/mol. The van der Waals surface area contributed by atoms with Crippen LogP contribution in [0.15, 0.2) is 5.10 Å². The number of hydrogen-bond donors (Lipinski definition) is 2. The maximum Gasteiger partial charge on any atom is 0.267 e. The Kier molecular flexibility index (Phi) is 4.42. The second kappa shape index (κ2) is 5.60. The maximum atomic E-state index is 11.7. The molecular formula is C10H18N4O2. The lowest BCUT2D eigenvalue weighted by molar-refractivity contribution is -0.121. The van der Waals surface area contributed by atoms with Crippen molar-refractivity contribution in [3.05, 3.63) is 0 Å². The quantitative estimate of drug-likeness (QED) is 0.667. The van der Waals surface area contributed by atoms with E-state index >= 15 is 0 Å². The van der Waals surface area contributed by atoms with E-state index < -0.39 is 0 Å². The summed E-state index contributed by atoms with van der Waals surface area (Å²) < 4.78 is 0. The van der Waals surface area contributed by atoms with Crippen molar-refractivity contribution in [1.29, 1.82) is 0 Å². The van der Waals surface area contributed by atoms with Gasteiger partial charge >= 0.3 is 0 Å². The van der Waals surface area contributed by atoms with Crippen LogP contribution >= 0.6 is 0 Å². The molecule has 1 atom stereocenters. The third-order valence-corrected chi connectivity index (χ3v) is 2.18. The minimum Gasteiger partial charge on any atom is -0.347 e. The molecule has 0 aromatic heterocycles. The van der Waals surface area contributed by atoms with Gasteiger partial charge in [0.05, 0.1) is 0 Å². The van der Waals surface area contributed by atoms with Crippen LogP contribution < -0.4 is 10.7 Å². The van der Waals surface area contributed by atoms with E-state index in [2.05, 4.69) is 15.8 Å². The summed E-state index contributed by atoms with van der Waals surface area (Å²) in [6, 6.07) is 0.0582. The number of hydrazone groups is 1. The van der Waals surface area contributed by atoms with Crippen LogP contribution in [-0.2, 0) is 9.59 Å². The van der Waals surface area contributed by atoms with Crippen molar-refractivity contribution >= 4 is 17.5 Å². The molecule has 1 aliphatic rings. The third kappa shape index (κ3) is 3.98. The van der Waals surface area contributed by atoms with Crippen molar-refractivity contribution in [2.75, 3.05) is 20.6 Å². The van der Waals surface area contributed by atoms with Crippen molar-refractivity contribution in [2.45, 2.75) is 25.8 Å². The molecule has 0 aliphatic carbocycles. The molecule has 6 heteroatoms. The van der Waals surface area contributed by atoms with Gasteiger partial charge in [0.1, 0.15) is 5.71 Å². The normalized spacial score (nSPS) is 17.8. The molecule has 0 saturated heterocycles. The molecule has 0 fully saturated rings. The van der Waals surface area contributed by atoms with E-state index in [9.17, 15) is 9.59 Å². The summed E-state index contributed by atoms with van der Waals surface area (Å²) >= 11 is 0. The summed E-state index contributed by atoms with van der Waals surface area (Å²) in [6.45, 7) is 2.70. The Morgan fingerprint density at radius 2 is 2.25 bits per heavy atom. The first-order valence-corrected chi connectivity index (χ1v) is 5.30. The highest BCUT2D eigenvalue weighted by atomic mass is 16.2. The van der Waals surface area contributed by atoms with Gasteiger partial charge in [-0.1, -0.05) is 0 Å². The lowest BCUT2D eigenvalue weighted by Crippen LogP contribution is -2.44. The Bertz CT molecular complexity index is 312. The van der Waals surface area contributed by atoms with E-state index in [1.165, 1.54) is 0 Å². The van der Waals surface area contributed by atoms with Crippen molar-refractivity contribution in [2.24, 2.45) is 5.10 Å². The van der Waals surface area contributed by atoms with Crippen LogP contribution in [0.25, 0.3) is 0 Å². The Labute approximate surface area is 95.1 Å². The van der Waals surface area contributed by atoms with Gasteiger partial charge in [-0.05, 0) is 21.0 Å². The number of hydrogen-bond acceptors (Lipinski definition) is 4. The van der Waals surface area contributed by atoms with Crippen LogP contribution in [0.5, 0.6) is 0 Å². The molecule has 0 bridgehead atoms. The first kappa shape index (κ1) is 12.6. The number of rotatable bonds is 4. The summed E-state index contributed by atoms with van der Waals surface area (Å²) in [6.07, 6.45) is 0.737. The van der Waals surface area contributed by atoms with Gasteiger partial charge in [-0.2, -0.15) is 5.10 Å². The van der Waals surface area contributed by atoms with Crippen molar-refractivity contribution in [3.8, 4) is 0 Å². The van der Waals surface area contributed by atoms with Crippen LogP contribution in [0.3, 0.4) is 0 Å².